The van der Waals surface area contributed by atoms with E-state index in [-0.39, 0.29) is 23.2 Å². The molecular weight excluding hydrogens is 426 g/mol. The van der Waals surface area contributed by atoms with E-state index in [0.717, 1.165) is 12.0 Å². The SMILES string of the molecule is CCCNC(=O)c1nn(CC)cc1NC(=O)c1ccc(Cn2nc(C)c([N+](=O)[O-])c2C)cc1. The number of aromatic nitrogens is 4. The first-order valence-corrected chi connectivity index (χ1v) is 10.7. The minimum Gasteiger partial charge on any atom is -0.351 e. The van der Waals surface area contributed by atoms with Crippen LogP contribution in [0.15, 0.2) is 30.5 Å². The summed E-state index contributed by atoms with van der Waals surface area (Å²) in [4.78, 5) is 35.9. The number of carbonyl (C=O) groups excluding carboxylic acids is 2. The van der Waals surface area contributed by atoms with E-state index < -0.39 is 4.92 Å². The summed E-state index contributed by atoms with van der Waals surface area (Å²) in [5, 5.41) is 25.2. The van der Waals surface area contributed by atoms with Gasteiger partial charge in [0.15, 0.2) is 5.69 Å². The lowest BCUT2D eigenvalue weighted by Crippen LogP contribution is -2.26. The summed E-state index contributed by atoms with van der Waals surface area (Å²) in [6.45, 7) is 8.52. The minimum atomic E-state index is -0.431. The summed E-state index contributed by atoms with van der Waals surface area (Å²) >= 11 is 0. The molecular formula is C22H27N7O4. The second-order valence-corrected chi connectivity index (χ2v) is 7.59. The van der Waals surface area contributed by atoms with Crippen molar-refractivity contribution < 1.29 is 14.5 Å². The number of hydrogen-bond acceptors (Lipinski definition) is 6. The molecule has 2 amide bonds. The fraction of sp³-hybridized carbons (Fsp3) is 0.364. The molecule has 3 rings (SSSR count). The fourth-order valence-electron chi connectivity index (χ4n) is 3.40. The molecule has 11 nitrogen and oxygen atoms in total. The molecule has 0 saturated carbocycles. The summed E-state index contributed by atoms with van der Waals surface area (Å²) in [5.74, 6) is -0.711. The van der Waals surface area contributed by atoms with Gasteiger partial charge >= 0.3 is 5.69 Å². The second kappa shape index (κ2) is 10.1. The van der Waals surface area contributed by atoms with Crippen LogP contribution in [-0.4, -0.2) is 42.8 Å². The zero-order valence-corrected chi connectivity index (χ0v) is 19.1. The van der Waals surface area contributed by atoms with Crippen LogP contribution >= 0.6 is 0 Å². The number of aryl methyl sites for hydroxylation is 2. The van der Waals surface area contributed by atoms with E-state index in [1.165, 1.54) is 0 Å². The first-order valence-electron chi connectivity index (χ1n) is 10.7. The predicted molar refractivity (Wildman–Crippen MR) is 122 cm³/mol. The molecule has 0 radical (unpaired) electrons. The van der Waals surface area contributed by atoms with Gasteiger partial charge in [0.05, 0.1) is 17.2 Å². The third kappa shape index (κ3) is 5.25. The summed E-state index contributed by atoms with van der Waals surface area (Å²) in [7, 11) is 0. The molecule has 0 aliphatic heterocycles. The molecule has 174 valence electrons. The van der Waals surface area contributed by atoms with Gasteiger partial charge in [-0.25, -0.2) is 0 Å². The van der Waals surface area contributed by atoms with E-state index >= 15 is 0 Å². The third-order valence-corrected chi connectivity index (χ3v) is 5.16. The van der Waals surface area contributed by atoms with Crippen LogP contribution < -0.4 is 10.6 Å². The van der Waals surface area contributed by atoms with Crippen molar-refractivity contribution in [2.24, 2.45) is 0 Å². The van der Waals surface area contributed by atoms with Crippen molar-refractivity contribution in [3.63, 3.8) is 0 Å². The van der Waals surface area contributed by atoms with Crippen LogP contribution in [-0.2, 0) is 13.1 Å². The van der Waals surface area contributed by atoms with E-state index in [0.29, 0.717) is 42.3 Å². The summed E-state index contributed by atoms with van der Waals surface area (Å²) in [5.41, 5.74) is 2.60. The topological polar surface area (TPSA) is 137 Å². The number of benzene rings is 1. The standard InChI is InChI=1S/C22H27N7O4/c1-5-11-23-22(31)19-18(13-27(6-2)26-19)24-21(30)17-9-7-16(8-10-17)12-28-15(4)20(29(32)33)14(3)25-28/h7-10,13H,5-6,11-12H2,1-4H3,(H,23,31)(H,24,30). The minimum absolute atomic E-state index is 0.0115. The second-order valence-electron chi connectivity index (χ2n) is 7.59. The quantitative estimate of drug-likeness (QED) is 0.377. The lowest BCUT2D eigenvalue weighted by atomic mass is 10.1. The van der Waals surface area contributed by atoms with E-state index in [4.69, 9.17) is 0 Å². The Balaban J connectivity index is 1.74. The molecule has 0 atom stereocenters. The number of rotatable bonds is 9. The molecule has 11 heteroatoms. The summed E-state index contributed by atoms with van der Waals surface area (Å²) < 4.78 is 3.16. The Hall–Kier alpha value is -4.02. The molecule has 0 unspecified atom stereocenters. The van der Waals surface area contributed by atoms with Crippen LogP contribution in [0, 0.1) is 24.0 Å². The first kappa shape index (κ1) is 23.6. The highest BCUT2D eigenvalue weighted by Gasteiger charge is 2.22. The van der Waals surface area contributed by atoms with E-state index in [2.05, 4.69) is 20.8 Å². The molecule has 0 aliphatic carbocycles. The number of amides is 2. The smallest absolute Gasteiger partial charge is 0.312 e. The van der Waals surface area contributed by atoms with Gasteiger partial charge < -0.3 is 10.6 Å². The normalized spacial score (nSPS) is 10.8. The van der Waals surface area contributed by atoms with Gasteiger partial charge in [-0.2, -0.15) is 10.2 Å². The molecule has 2 heterocycles. The Morgan fingerprint density at radius 3 is 2.36 bits per heavy atom. The van der Waals surface area contributed by atoms with Crippen LogP contribution in [0.5, 0.6) is 0 Å². The highest BCUT2D eigenvalue weighted by molar-refractivity contribution is 6.08. The third-order valence-electron chi connectivity index (χ3n) is 5.16. The largest absolute Gasteiger partial charge is 0.351 e. The average molecular weight is 454 g/mol. The number of nitrogens with zero attached hydrogens (tertiary/aromatic N) is 5. The van der Waals surface area contributed by atoms with Crippen LogP contribution in [0.3, 0.4) is 0 Å². The van der Waals surface area contributed by atoms with Crippen molar-refractivity contribution >= 4 is 23.2 Å². The molecule has 1 aromatic carbocycles. The van der Waals surface area contributed by atoms with Gasteiger partial charge in [0.2, 0.25) is 0 Å². The van der Waals surface area contributed by atoms with Gasteiger partial charge in [0, 0.05) is 24.8 Å². The number of nitro groups is 1. The monoisotopic (exact) mass is 453 g/mol. The Morgan fingerprint density at radius 2 is 1.79 bits per heavy atom. The van der Waals surface area contributed by atoms with Gasteiger partial charge in [-0.15, -0.1) is 0 Å². The zero-order valence-electron chi connectivity index (χ0n) is 19.1. The van der Waals surface area contributed by atoms with Crippen LogP contribution in [0.4, 0.5) is 11.4 Å². The van der Waals surface area contributed by atoms with Gasteiger partial charge in [0.25, 0.3) is 11.8 Å². The number of carbonyl (C=O) groups is 2. The molecule has 0 saturated heterocycles. The molecule has 0 bridgehead atoms. The van der Waals surface area contributed by atoms with Gasteiger partial charge in [-0.3, -0.25) is 29.1 Å². The van der Waals surface area contributed by atoms with Crippen molar-refractivity contribution in [1.82, 2.24) is 24.9 Å². The fourth-order valence-corrected chi connectivity index (χ4v) is 3.40. The van der Waals surface area contributed by atoms with Crippen molar-refractivity contribution in [2.75, 3.05) is 11.9 Å². The zero-order chi connectivity index (χ0) is 24.1. The number of anilines is 1. The number of nitrogens with one attached hydrogen (secondary N) is 2. The predicted octanol–water partition coefficient (Wildman–Crippen LogP) is 3.06. The van der Waals surface area contributed by atoms with Crippen molar-refractivity contribution in [2.45, 2.75) is 47.2 Å². The molecule has 0 aliphatic rings. The number of hydrogen-bond donors (Lipinski definition) is 2. The average Bonchev–Trinajstić information content (AvgIpc) is 3.32. The maximum atomic E-state index is 12.8. The summed E-state index contributed by atoms with van der Waals surface area (Å²) in [6.07, 6.45) is 2.42. The van der Waals surface area contributed by atoms with E-state index in [9.17, 15) is 19.7 Å². The van der Waals surface area contributed by atoms with Crippen molar-refractivity contribution in [1.29, 1.82) is 0 Å². The molecule has 3 aromatic rings. The molecule has 0 fully saturated rings. The van der Waals surface area contributed by atoms with Crippen molar-refractivity contribution in [3.05, 3.63) is 68.8 Å². The maximum Gasteiger partial charge on any atom is 0.312 e. The van der Waals surface area contributed by atoms with E-state index in [1.54, 1.807) is 53.7 Å². The highest BCUT2D eigenvalue weighted by Crippen LogP contribution is 2.23. The Labute approximate surface area is 190 Å². The van der Waals surface area contributed by atoms with E-state index in [1.807, 2.05) is 13.8 Å². The Kier molecular flexibility index (Phi) is 7.21. The van der Waals surface area contributed by atoms with Crippen LogP contribution in [0.1, 0.15) is 58.1 Å². The molecule has 2 aromatic heterocycles. The van der Waals surface area contributed by atoms with Gasteiger partial charge in [-0.05, 0) is 44.9 Å². The molecule has 0 spiro atoms. The van der Waals surface area contributed by atoms with Crippen LogP contribution in [0.2, 0.25) is 0 Å². The van der Waals surface area contributed by atoms with Crippen LogP contribution in [0.25, 0.3) is 0 Å². The Bertz CT molecular complexity index is 1180. The highest BCUT2D eigenvalue weighted by atomic mass is 16.6. The van der Waals surface area contributed by atoms with Gasteiger partial charge in [0.1, 0.15) is 11.4 Å². The Morgan fingerprint density at radius 1 is 1.09 bits per heavy atom. The lowest BCUT2D eigenvalue weighted by Gasteiger charge is -2.08. The summed E-state index contributed by atoms with van der Waals surface area (Å²) in [6, 6.07) is 6.85. The van der Waals surface area contributed by atoms with Crippen molar-refractivity contribution in [3.8, 4) is 0 Å². The molecule has 2 N–H and O–H groups in total. The van der Waals surface area contributed by atoms with Gasteiger partial charge in [-0.1, -0.05) is 19.1 Å². The lowest BCUT2D eigenvalue weighted by molar-refractivity contribution is -0.386. The first-order chi connectivity index (χ1) is 15.7. The maximum absolute atomic E-state index is 12.8. The molecule has 33 heavy (non-hydrogen) atoms.